The maximum Gasteiger partial charge on any atom is 0.0468 e. The number of nitrogens with zero attached hydrogens (tertiary/aromatic N) is 2. The summed E-state index contributed by atoms with van der Waals surface area (Å²) in [6.07, 6.45) is 0. The lowest BCUT2D eigenvalue weighted by atomic mass is 9.85. The van der Waals surface area contributed by atoms with E-state index in [2.05, 4.69) is 280 Å². The smallest absolute Gasteiger partial charge is 0.0468 e. The topological polar surface area (TPSA) is 6.48 Å². The highest BCUT2D eigenvalue weighted by molar-refractivity contribution is 6.22. The number of anilines is 6. The van der Waals surface area contributed by atoms with Crippen molar-refractivity contribution in [2.45, 2.75) is 98.3 Å². The van der Waals surface area contributed by atoms with Crippen LogP contribution in [0, 0.1) is 0 Å². The molecule has 9 aromatic rings. The third-order valence-corrected chi connectivity index (χ3v) is 13.5. The largest absolute Gasteiger partial charge is 0.310 e. The van der Waals surface area contributed by atoms with Crippen molar-refractivity contribution >= 4 is 55.7 Å². The molecule has 0 radical (unpaired) electrons. The van der Waals surface area contributed by atoms with E-state index in [0.717, 1.165) is 34.1 Å². The number of fused-ring (bicyclic) bond motifs is 2. The summed E-state index contributed by atoms with van der Waals surface area (Å²) in [6, 6.07) is 72.9. The predicted molar refractivity (Wildman–Crippen MR) is 292 cm³/mol. The van der Waals surface area contributed by atoms with Crippen LogP contribution in [0.4, 0.5) is 34.1 Å². The highest BCUT2D eigenvalue weighted by Crippen LogP contribution is 2.49. The fourth-order valence-corrected chi connectivity index (χ4v) is 9.55. The molecule has 0 N–H and O–H groups in total. The van der Waals surface area contributed by atoms with Crippen molar-refractivity contribution in [2.24, 2.45) is 0 Å². The molecule has 2 heteroatoms. The van der Waals surface area contributed by atoms with Gasteiger partial charge in [0.2, 0.25) is 0 Å². The van der Waals surface area contributed by atoms with Gasteiger partial charge in [0, 0.05) is 34.1 Å². The SMILES string of the molecule is CC(C)c1ccc(N(c2ccc(C(C)(C)C)cc2)c2ccc3c(-c4ccccc4)c4cc(N(c5ccc(C(C)(C)C)cc5)c5ccc(C(C)(C)C)cc5)ccc4c(-c4ccccc4)c3c2)cc1. The van der Waals surface area contributed by atoms with E-state index in [4.69, 9.17) is 0 Å². The van der Waals surface area contributed by atoms with Crippen molar-refractivity contribution in [3.05, 3.63) is 216 Å². The van der Waals surface area contributed by atoms with Crippen LogP contribution >= 0.6 is 0 Å². The molecule has 0 fully saturated rings. The number of benzene rings is 9. The van der Waals surface area contributed by atoms with Crippen LogP contribution in [0.1, 0.15) is 104 Å². The monoisotopic (exact) mass is 875 g/mol. The molecule has 9 aromatic carbocycles. The fraction of sp³-hybridized carbons (Fsp3) is 0.231. The number of hydrogen-bond donors (Lipinski definition) is 0. The van der Waals surface area contributed by atoms with Crippen LogP contribution in [0.3, 0.4) is 0 Å². The second-order valence-corrected chi connectivity index (χ2v) is 21.7. The maximum atomic E-state index is 2.44. The first-order valence-corrected chi connectivity index (χ1v) is 24.1. The number of rotatable bonds is 9. The zero-order valence-corrected chi connectivity index (χ0v) is 41.4. The highest BCUT2D eigenvalue weighted by atomic mass is 15.1. The molecule has 9 rings (SSSR count). The molecule has 0 unspecified atom stereocenters. The molecule has 67 heavy (non-hydrogen) atoms. The molecule has 336 valence electrons. The Morgan fingerprint density at radius 3 is 0.866 bits per heavy atom. The Hall–Kier alpha value is -6.90. The molecule has 0 aromatic heterocycles. The Bertz CT molecular complexity index is 3080. The Labute approximate surface area is 400 Å². The molecule has 0 aliphatic carbocycles. The van der Waals surface area contributed by atoms with Gasteiger partial charge in [-0.2, -0.15) is 0 Å². The van der Waals surface area contributed by atoms with Crippen molar-refractivity contribution in [3.63, 3.8) is 0 Å². The maximum absolute atomic E-state index is 2.44. The summed E-state index contributed by atoms with van der Waals surface area (Å²) in [5.74, 6) is 0.447. The van der Waals surface area contributed by atoms with Gasteiger partial charge in [0.15, 0.2) is 0 Å². The van der Waals surface area contributed by atoms with E-state index >= 15 is 0 Å². The third kappa shape index (κ3) is 9.15. The third-order valence-electron chi connectivity index (χ3n) is 13.5. The number of hydrogen-bond acceptors (Lipinski definition) is 2. The summed E-state index contributed by atoms with van der Waals surface area (Å²) in [5, 5.41) is 4.86. The molecule has 0 saturated carbocycles. The first-order valence-electron chi connectivity index (χ1n) is 24.1. The zero-order chi connectivity index (χ0) is 47.3. The van der Waals surface area contributed by atoms with E-state index in [1.807, 2.05) is 0 Å². The minimum Gasteiger partial charge on any atom is -0.310 e. The van der Waals surface area contributed by atoms with E-state index in [1.54, 1.807) is 0 Å². The van der Waals surface area contributed by atoms with E-state index in [0.29, 0.717) is 5.92 Å². The van der Waals surface area contributed by atoms with Crippen LogP contribution in [0.25, 0.3) is 43.8 Å². The van der Waals surface area contributed by atoms with Crippen LogP contribution < -0.4 is 9.80 Å². The molecular formula is C65H66N2. The van der Waals surface area contributed by atoms with Crippen LogP contribution in [0.5, 0.6) is 0 Å². The summed E-state index contributed by atoms with van der Waals surface area (Å²) in [6.45, 7) is 25.0. The van der Waals surface area contributed by atoms with Crippen LogP contribution in [0.15, 0.2) is 194 Å². The van der Waals surface area contributed by atoms with Crippen LogP contribution in [-0.2, 0) is 16.2 Å². The summed E-state index contributed by atoms with van der Waals surface area (Å²) >= 11 is 0. The summed E-state index contributed by atoms with van der Waals surface area (Å²) in [4.78, 5) is 4.85. The highest BCUT2D eigenvalue weighted by Gasteiger charge is 2.24. The van der Waals surface area contributed by atoms with E-state index < -0.39 is 0 Å². The Morgan fingerprint density at radius 1 is 0.299 bits per heavy atom. The summed E-state index contributed by atoms with van der Waals surface area (Å²) < 4.78 is 0. The van der Waals surface area contributed by atoms with Gasteiger partial charge in [0.25, 0.3) is 0 Å². The first kappa shape index (κ1) is 45.3. The average Bonchev–Trinajstić information content (AvgIpc) is 3.31. The summed E-state index contributed by atoms with van der Waals surface area (Å²) in [7, 11) is 0. The van der Waals surface area contributed by atoms with Gasteiger partial charge in [-0.15, -0.1) is 0 Å². The molecule has 0 aliphatic heterocycles. The molecule has 0 spiro atoms. The standard InChI is InChI=1S/C65H66N2/c1-44(2)45-22-30-51(31-23-45)66(52-32-24-48(25-33-52)63(3,4)5)55-38-40-57-59(42-55)61(46-18-14-12-15-19-46)58-41-39-56(43-60(58)62(57)47-20-16-13-17-21-47)67(53-34-26-49(27-35-53)64(6,7)8)54-36-28-50(29-37-54)65(9,10)11/h12-44H,1-11H3. The Balaban J connectivity index is 1.32. The molecule has 0 aliphatic rings. The molecule has 0 amide bonds. The van der Waals surface area contributed by atoms with Crippen molar-refractivity contribution in [2.75, 3.05) is 9.80 Å². The van der Waals surface area contributed by atoms with Gasteiger partial charge in [0.05, 0.1) is 0 Å². The fourth-order valence-electron chi connectivity index (χ4n) is 9.55. The lowest BCUT2D eigenvalue weighted by molar-refractivity contribution is 0.590. The molecule has 0 atom stereocenters. The quantitative estimate of drug-likeness (QED) is 0.133. The van der Waals surface area contributed by atoms with E-state index in [9.17, 15) is 0 Å². The Morgan fingerprint density at radius 2 is 0.582 bits per heavy atom. The lowest BCUT2D eigenvalue weighted by Gasteiger charge is -2.29. The van der Waals surface area contributed by atoms with Crippen LogP contribution in [0.2, 0.25) is 0 Å². The van der Waals surface area contributed by atoms with Gasteiger partial charge in [-0.1, -0.05) is 197 Å². The van der Waals surface area contributed by atoms with Gasteiger partial charge >= 0.3 is 0 Å². The minimum absolute atomic E-state index is 0.0479. The van der Waals surface area contributed by atoms with Crippen molar-refractivity contribution in [1.82, 2.24) is 0 Å². The summed E-state index contributed by atoms with van der Waals surface area (Å²) in [5.41, 5.74) is 17.0. The van der Waals surface area contributed by atoms with Gasteiger partial charge < -0.3 is 9.80 Å². The second kappa shape index (κ2) is 17.7. The average molecular weight is 875 g/mol. The molecule has 2 nitrogen and oxygen atoms in total. The molecular weight excluding hydrogens is 809 g/mol. The van der Waals surface area contributed by atoms with Crippen molar-refractivity contribution in [1.29, 1.82) is 0 Å². The van der Waals surface area contributed by atoms with Crippen LogP contribution in [-0.4, -0.2) is 0 Å². The molecule has 0 bridgehead atoms. The molecule has 0 saturated heterocycles. The lowest BCUT2D eigenvalue weighted by Crippen LogP contribution is -2.14. The predicted octanol–water partition coefficient (Wildman–Crippen LogP) is 19.3. The van der Waals surface area contributed by atoms with Gasteiger partial charge in [0.1, 0.15) is 0 Å². The molecule has 0 heterocycles. The first-order chi connectivity index (χ1) is 32.0. The normalized spacial score (nSPS) is 12.2. The van der Waals surface area contributed by atoms with Gasteiger partial charge in [-0.05, 0) is 161 Å². The Kier molecular flexibility index (Phi) is 12.0. The van der Waals surface area contributed by atoms with Gasteiger partial charge in [-0.25, -0.2) is 0 Å². The second-order valence-electron chi connectivity index (χ2n) is 21.7. The van der Waals surface area contributed by atoms with Crippen molar-refractivity contribution < 1.29 is 0 Å². The van der Waals surface area contributed by atoms with Crippen molar-refractivity contribution in [3.8, 4) is 22.3 Å². The van der Waals surface area contributed by atoms with Gasteiger partial charge in [-0.3, -0.25) is 0 Å². The van der Waals surface area contributed by atoms with E-state index in [1.165, 1.54) is 66.1 Å². The minimum atomic E-state index is 0.0479. The van der Waals surface area contributed by atoms with E-state index in [-0.39, 0.29) is 16.2 Å². The zero-order valence-electron chi connectivity index (χ0n) is 41.4.